The van der Waals surface area contributed by atoms with Crippen molar-refractivity contribution in [1.82, 2.24) is 4.90 Å². The largest absolute Gasteiger partial charge is 0.375 e. The molecule has 0 amide bonds. The number of rotatable bonds is 3. The third-order valence-corrected chi connectivity index (χ3v) is 2.54. The first kappa shape index (κ1) is 10.6. The van der Waals surface area contributed by atoms with E-state index < -0.39 is 0 Å². The molecule has 1 nitrogen and oxygen atoms in total. The van der Waals surface area contributed by atoms with E-state index in [0.29, 0.717) is 0 Å². The molecule has 76 valence electrons. The second-order valence-corrected chi connectivity index (χ2v) is 4.40. The van der Waals surface area contributed by atoms with Crippen LogP contribution in [0.5, 0.6) is 0 Å². The van der Waals surface area contributed by atoms with E-state index in [2.05, 4.69) is 31.7 Å². The maximum Gasteiger partial charge on any atom is 0.0197 e. The summed E-state index contributed by atoms with van der Waals surface area (Å²) >= 11 is 0. The molecule has 0 aromatic rings. The zero-order chi connectivity index (χ0) is 9.68. The Kier molecular flexibility index (Phi) is 4.34. The van der Waals surface area contributed by atoms with Gasteiger partial charge in [-0.15, -0.1) is 0 Å². The maximum absolute atomic E-state index is 2.58. The summed E-state index contributed by atoms with van der Waals surface area (Å²) < 4.78 is 0. The molecule has 13 heavy (non-hydrogen) atoms. The number of nitrogens with zero attached hydrogens (tertiary/aromatic N) is 1. The molecule has 0 aromatic carbocycles. The van der Waals surface area contributed by atoms with Gasteiger partial charge in [0.05, 0.1) is 0 Å². The molecule has 1 saturated heterocycles. The van der Waals surface area contributed by atoms with Crippen molar-refractivity contribution in [3.05, 3.63) is 11.8 Å². The second kappa shape index (κ2) is 5.31. The van der Waals surface area contributed by atoms with Gasteiger partial charge in [-0.3, -0.25) is 0 Å². The monoisotopic (exact) mass is 181 g/mol. The number of piperidine rings is 1. The molecule has 1 rings (SSSR count). The lowest BCUT2D eigenvalue weighted by molar-refractivity contribution is 0.260. The summed E-state index contributed by atoms with van der Waals surface area (Å²) in [4.78, 5) is 2.58. The molecule has 1 aliphatic heterocycles. The summed E-state index contributed by atoms with van der Waals surface area (Å²) in [6.45, 7) is 9.36. The van der Waals surface area contributed by atoms with Gasteiger partial charge in [0.2, 0.25) is 0 Å². The number of hydrogen-bond acceptors (Lipinski definition) is 1. The third-order valence-electron chi connectivity index (χ3n) is 2.54. The molecular formula is C12H23N. The zero-order valence-electron chi connectivity index (χ0n) is 9.34. The van der Waals surface area contributed by atoms with Gasteiger partial charge in [0.15, 0.2) is 0 Å². The standard InChI is InChI=1S/C12H23N/c1-4-7-12-8-5-6-9-13(12)10-11(2)3/h7,11H,4-6,8-10H2,1-3H3/b12-7-. The molecule has 0 aromatic heterocycles. The van der Waals surface area contributed by atoms with Crippen molar-refractivity contribution in [2.24, 2.45) is 5.92 Å². The minimum atomic E-state index is 0.790. The van der Waals surface area contributed by atoms with Crippen molar-refractivity contribution in [1.29, 1.82) is 0 Å². The Morgan fingerprint density at radius 2 is 2.15 bits per heavy atom. The van der Waals surface area contributed by atoms with E-state index in [0.717, 1.165) is 5.92 Å². The molecule has 1 heterocycles. The molecular weight excluding hydrogens is 158 g/mol. The molecule has 0 saturated carbocycles. The van der Waals surface area contributed by atoms with Gasteiger partial charge in [0.25, 0.3) is 0 Å². The molecule has 0 aliphatic carbocycles. The molecule has 0 unspecified atom stereocenters. The molecule has 0 N–H and O–H groups in total. The molecule has 0 radical (unpaired) electrons. The van der Waals surface area contributed by atoms with Crippen LogP contribution in [0.15, 0.2) is 11.8 Å². The number of allylic oxidation sites excluding steroid dienone is 2. The van der Waals surface area contributed by atoms with Crippen LogP contribution in [0.2, 0.25) is 0 Å². The van der Waals surface area contributed by atoms with Gasteiger partial charge in [-0.2, -0.15) is 0 Å². The van der Waals surface area contributed by atoms with E-state index in [9.17, 15) is 0 Å². The van der Waals surface area contributed by atoms with E-state index in [-0.39, 0.29) is 0 Å². The van der Waals surface area contributed by atoms with Crippen LogP contribution in [0.25, 0.3) is 0 Å². The van der Waals surface area contributed by atoms with Crippen LogP contribution >= 0.6 is 0 Å². The van der Waals surface area contributed by atoms with Gasteiger partial charge < -0.3 is 4.90 Å². The van der Waals surface area contributed by atoms with Crippen LogP contribution in [0.4, 0.5) is 0 Å². The van der Waals surface area contributed by atoms with Gasteiger partial charge in [-0.1, -0.05) is 26.8 Å². The van der Waals surface area contributed by atoms with Crippen molar-refractivity contribution < 1.29 is 0 Å². The summed E-state index contributed by atoms with van der Waals surface area (Å²) in [5.41, 5.74) is 1.60. The topological polar surface area (TPSA) is 3.24 Å². The summed E-state index contributed by atoms with van der Waals surface area (Å²) in [7, 11) is 0. The summed E-state index contributed by atoms with van der Waals surface area (Å²) in [5, 5.41) is 0. The quantitative estimate of drug-likeness (QED) is 0.645. The normalized spacial score (nSPS) is 21.5. The van der Waals surface area contributed by atoms with Crippen LogP contribution in [0.1, 0.15) is 46.5 Å². The van der Waals surface area contributed by atoms with Gasteiger partial charge in [-0.25, -0.2) is 0 Å². The first-order valence-corrected chi connectivity index (χ1v) is 5.68. The Morgan fingerprint density at radius 3 is 2.77 bits per heavy atom. The van der Waals surface area contributed by atoms with E-state index in [1.165, 1.54) is 38.8 Å². The van der Waals surface area contributed by atoms with Crippen molar-refractivity contribution in [3.8, 4) is 0 Å². The smallest absolute Gasteiger partial charge is 0.0197 e. The van der Waals surface area contributed by atoms with E-state index in [1.54, 1.807) is 5.70 Å². The average molecular weight is 181 g/mol. The molecule has 1 heteroatoms. The van der Waals surface area contributed by atoms with Crippen molar-refractivity contribution in [2.45, 2.75) is 46.5 Å². The third kappa shape index (κ3) is 3.41. The molecule has 0 spiro atoms. The van der Waals surface area contributed by atoms with Crippen LogP contribution in [-0.4, -0.2) is 18.0 Å². The van der Waals surface area contributed by atoms with Crippen LogP contribution < -0.4 is 0 Å². The summed E-state index contributed by atoms with van der Waals surface area (Å²) in [6.07, 6.45) is 7.67. The fourth-order valence-corrected chi connectivity index (χ4v) is 2.03. The van der Waals surface area contributed by atoms with Crippen LogP contribution in [-0.2, 0) is 0 Å². The van der Waals surface area contributed by atoms with Gasteiger partial charge >= 0.3 is 0 Å². The minimum absolute atomic E-state index is 0.790. The van der Waals surface area contributed by atoms with Crippen LogP contribution in [0.3, 0.4) is 0 Å². The molecule has 0 bridgehead atoms. The first-order valence-electron chi connectivity index (χ1n) is 5.68. The summed E-state index contributed by atoms with van der Waals surface area (Å²) in [6, 6.07) is 0. The Morgan fingerprint density at radius 1 is 1.38 bits per heavy atom. The predicted octanol–water partition coefficient (Wildman–Crippen LogP) is 3.42. The average Bonchev–Trinajstić information content (AvgIpc) is 2.08. The molecule has 1 aliphatic rings. The molecule has 0 atom stereocenters. The van der Waals surface area contributed by atoms with E-state index in [4.69, 9.17) is 0 Å². The Balaban J connectivity index is 2.51. The predicted molar refractivity (Wildman–Crippen MR) is 58.6 cm³/mol. The molecule has 1 fully saturated rings. The number of likely N-dealkylation sites (tertiary alicyclic amines) is 1. The lowest BCUT2D eigenvalue weighted by atomic mass is 10.0. The van der Waals surface area contributed by atoms with Crippen molar-refractivity contribution >= 4 is 0 Å². The minimum Gasteiger partial charge on any atom is -0.375 e. The fourth-order valence-electron chi connectivity index (χ4n) is 2.03. The lowest BCUT2D eigenvalue weighted by Gasteiger charge is -2.33. The first-order chi connectivity index (χ1) is 6.24. The lowest BCUT2D eigenvalue weighted by Crippen LogP contribution is -2.31. The highest BCUT2D eigenvalue weighted by molar-refractivity contribution is 5.03. The van der Waals surface area contributed by atoms with Crippen LogP contribution in [0, 0.1) is 5.92 Å². The van der Waals surface area contributed by atoms with Crippen molar-refractivity contribution in [3.63, 3.8) is 0 Å². The Bertz CT molecular complexity index is 170. The zero-order valence-corrected chi connectivity index (χ0v) is 9.34. The number of hydrogen-bond donors (Lipinski definition) is 0. The highest BCUT2D eigenvalue weighted by atomic mass is 15.1. The van der Waals surface area contributed by atoms with E-state index in [1.807, 2.05) is 0 Å². The van der Waals surface area contributed by atoms with Gasteiger partial charge in [0.1, 0.15) is 0 Å². The van der Waals surface area contributed by atoms with Gasteiger partial charge in [0, 0.05) is 18.8 Å². The highest BCUT2D eigenvalue weighted by Crippen LogP contribution is 2.21. The Hall–Kier alpha value is -0.460. The maximum atomic E-state index is 2.58. The fraction of sp³-hybridized carbons (Fsp3) is 0.833. The van der Waals surface area contributed by atoms with Crippen molar-refractivity contribution in [2.75, 3.05) is 13.1 Å². The second-order valence-electron chi connectivity index (χ2n) is 4.40. The van der Waals surface area contributed by atoms with E-state index >= 15 is 0 Å². The highest BCUT2D eigenvalue weighted by Gasteiger charge is 2.14. The van der Waals surface area contributed by atoms with Gasteiger partial charge in [-0.05, 0) is 31.6 Å². The summed E-state index contributed by atoms with van der Waals surface area (Å²) in [5.74, 6) is 0.790. The Labute approximate surface area is 82.8 Å². The SMILES string of the molecule is CC/C=C1/CCCCN1CC(C)C.